The van der Waals surface area contributed by atoms with E-state index in [1.807, 2.05) is 12.1 Å². The number of likely N-dealkylation sites (N-methyl/N-ethyl adjacent to an activating group) is 1. The van der Waals surface area contributed by atoms with Crippen LogP contribution >= 0.6 is 0 Å². The van der Waals surface area contributed by atoms with Crippen molar-refractivity contribution in [3.8, 4) is 0 Å². The smallest absolute Gasteiger partial charge is 0.127 e. The molecule has 0 radical (unpaired) electrons. The molecular weight excluding hydrogens is 231 g/mol. The molecule has 0 bridgehead atoms. The maximum absolute atomic E-state index is 13.4. The van der Waals surface area contributed by atoms with Gasteiger partial charge < -0.3 is 10.5 Å². The number of hydrogen-bond donors (Lipinski definition) is 1. The molecule has 0 aliphatic heterocycles. The van der Waals surface area contributed by atoms with Gasteiger partial charge >= 0.3 is 0 Å². The van der Waals surface area contributed by atoms with Crippen molar-refractivity contribution in [2.45, 2.75) is 33.0 Å². The maximum Gasteiger partial charge on any atom is 0.127 e. The second kappa shape index (κ2) is 7.46. The topological polar surface area (TPSA) is 38.5 Å². The van der Waals surface area contributed by atoms with Crippen molar-refractivity contribution >= 4 is 0 Å². The summed E-state index contributed by atoms with van der Waals surface area (Å²) in [6.45, 7) is 6.88. The van der Waals surface area contributed by atoms with Crippen molar-refractivity contribution in [2.75, 3.05) is 20.3 Å². The minimum absolute atomic E-state index is 0.228. The minimum atomic E-state index is -0.228. The molecule has 0 amide bonds. The van der Waals surface area contributed by atoms with E-state index in [1.54, 1.807) is 7.11 Å². The van der Waals surface area contributed by atoms with Crippen molar-refractivity contribution in [1.82, 2.24) is 4.90 Å². The highest BCUT2D eigenvalue weighted by molar-refractivity contribution is 5.25. The molecule has 0 fully saturated rings. The molecule has 0 aliphatic rings. The van der Waals surface area contributed by atoms with Crippen molar-refractivity contribution in [1.29, 1.82) is 0 Å². The first-order valence-electron chi connectivity index (χ1n) is 6.32. The lowest BCUT2D eigenvalue weighted by Gasteiger charge is -2.27. The van der Waals surface area contributed by atoms with Crippen molar-refractivity contribution < 1.29 is 9.13 Å². The van der Waals surface area contributed by atoms with Crippen LogP contribution in [0.5, 0.6) is 0 Å². The van der Waals surface area contributed by atoms with Gasteiger partial charge in [0, 0.05) is 31.8 Å². The monoisotopic (exact) mass is 254 g/mol. The SMILES string of the molecule is CCN(Cc1ccc(F)c(CN)c1)C(C)COC. The predicted molar refractivity (Wildman–Crippen MR) is 71.7 cm³/mol. The zero-order valence-corrected chi connectivity index (χ0v) is 11.4. The van der Waals surface area contributed by atoms with E-state index >= 15 is 0 Å². The number of benzene rings is 1. The fraction of sp³-hybridized carbons (Fsp3) is 0.571. The van der Waals surface area contributed by atoms with Gasteiger partial charge in [0.25, 0.3) is 0 Å². The van der Waals surface area contributed by atoms with Gasteiger partial charge in [0.1, 0.15) is 5.82 Å². The summed E-state index contributed by atoms with van der Waals surface area (Å²) in [5.74, 6) is -0.228. The quantitative estimate of drug-likeness (QED) is 0.810. The third-order valence-electron chi connectivity index (χ3n) is 3.15. The van der Waals surface area contributed by atoms with Gasteiger partial charge in [-0.05, 0) is 25.1 Å². The van der Waals surface area contributed by atoms with Crippen LogP contribution in [0.1, 0.15) is 25.0 Å². The van der Waals surface area contributed by atoms with Gasteiger partial charge in [0.05, 0.1) is 6.61 Å². The number of nitrogens with zero attached hydrogens (tertiary/aromatic N) is 1. The summed E-state index contributed by atoms with van der Waals surface area (Å²) in [5.41, 5.74) is 7.17. The molecule has 0 saturated heterocycles. The lowest BCUT2D eigenvalue weighted by Crippen LogP contribution is -2.35. The standard InChI is InChI=1S/C14H23FN2O/c1-4-17(11(2)10-18-3)9-12-5-6-14(15)13(7-12)8-16/h5-7,11H,4,8-10,16H2,1-3H3. The van der Waals surface area contributed by atoms with Crippen LogP contribution in [0.25, 0.3) is 0 Å². The van der Waals surface area contributed by atoms with Crippen LogP contribution in [0.2, 0.25) is 0 Å². The molecule has 3 nitrogen and oxygen atoms in total. The molecular formula is C14H23FN2O. The van der Waals surface area contributed by atoms with Crippen LogP contribution in [-0.4, -0.2) is 31.2 Å². The van der Waals surface area contributed by atoms with Crippen LogP contribution in [0.4, 0.5) is 4.39 Å². The Labute approximate surface area is 109 Å². The normalized spacial score (nSPS) is 13.0. The van der Waals surface area contributed by atoms with Gasteiger partial charge in [-0.2, -0.15) is 0 Å². The number of rotatable bonds is 7. The van der Waals surface area contributed by atoms with Gasteiger partial charge in [-0.25, -0.2) is 4.39 Å². The van der Waals surface area contributed by atoms with Gasteiger partial charge in [-0.3, -0.25) is 4.90 Å². The van der Waals surface area contributed by atoms with Gasteiger partial charge in [-0.1, -0.05) is 19.1 Å². The zero-order valence-electron chi connectivity index (χ0n) is 11.4. The average Bonchev–Trinajstić information content (AvgIpc) is 2.37. The largest absolute Gasteiger partial charge is 0.383 e. The third-order valence-corrected chi connectivity index (χ3v) is 3.15. The molecule has 2 N–H and O–H groups in total. The summed E-state index contributed by atoms with van der Waals surface area (Å²) in [7, 11) is 1.70. The summed E-state index contributed by atoms with van der Waals surface area (Å²) in [6, 6.07) is 5.49. The van der Waals surface area contributed by atoms with Gasteiger partial charge in [0.15, 0.2) is 0 Å². The molecule has 1 aromatic carbocycles. The fourth-order valence-corrected chi connectivity index (χ4v) is 2.04. The Morgan fingerprint density at radius 3 is 2.72 bits per heavy atom. The molecule has 4 heteroatoms. The van der Waals surface area contributed by atoms with Crippen LogP contribution in [-0.2, 0) is 17.8 Å². The Balaban J connectivity index is 2.75. The van der Waals surface area contributed by atoms with E-state index in [9.17, 15) is 4.39 Å². The summed E-state index contributed by atoms with van der Waals surface area (Å²) in [6.07, 6.45) is 0. The Kier molecular flexibility index (Phi) is 6.25. The van der Waals surface area contributed by atoms with E-state index in [0.717, 1.165) is 18.7 Å². The zero-order chi connectivity index (χ0) is 13.5. The molecule has 0 spiro atoms. The van der Waals surface area contributed by atoms with Crippen LogP contribution in [0, 0.1) is 5.82 Å². The number of methoxy groups -OCH3 is 1. The summed E-state index contributed by atoms with van der Waals surface area (Å²) >= 11 is 0. The molecule has 1 atom stereocenters. The van der Waals surface area contributed by atoms with Gasteiger partial charge in [0.2, 0.25) is 0 Å². The highest BCUT2D eigenvalue weighted by Gasteiger charge is 2.13. The molecule has 0 saturated carbocycles. The van der Waals surface area contributed by atoms with E-state index in [2.05, 4.69) is 18.7 Å². The lowest BCUT2D eigenvalue weighted by molar-refractivity contribution is 0.0982. The van der Waals surface area contributed by atoms with Crippen molar-refractivity contribution in [3.63, 3.8) is 0 Å². The van der Waals surface area contributed by atoms with E-state index < -0.39 is 0 Å². The van der Waals surface area contributed by atoms with Gasteiger partial charge in [-0.15, -0.1) is 0 Å². The maximum atomic E-state index is 13.4. The Hall–Kier alpha value is -0.970. The second-order valence-corrected chi connectivity index (χ2v) is 4.50. The lowest BCUT2D eigenvalue weighted by atomic mass is 10.1. The number of nitrogens with two attached hydrogens (primary N) is 1. The molecule has 0 heterocycles. The predicted octanol–water partition coefficient (Wildman–Crippen LogP) is 2.14. The first-order valence-corrected chi connectivity index (χ1v) is 6.32. The second-order valence-electron chi connectivity index (χ2n) is 4.50. The van der Waals surface area contributed by atoms with E-state index in [1.165, 1.54) is 6.07 Å². The Morgan fingerprint density at radius 1 is 1.44 bits per heavy atom. The van der Waals surface area contributed by atoms with Crippen LogP contribution in [0.15, 0.2) is 18.2 Å². The first-order chi connectivity index (χ1) is 8.62. The van der Waals surface area contributed by atoms with E-state index in [-0.39, 0.29) is 12.4 Å². The highest BCUT2D eigenvalue weighted by atomic mass is 19.1. The fourth-order valence-electron chi connectivity index (χ4n) is 2.04. The summed E-state index contributed by atoms with van der Waals surface area (Å²) < 4.78 is 18.5. The van der Waals surface area contributed by atoms with Crippen molar-refractivity contribution in [3.05, 3.63) is 35.1 Å². The van der Waals surface area contributed by atoms with Crippen LogP contribution in [0.3, 0.4) is 0 Å². The van der Waals surface area contributed by atoms with Crippen LogP contribution < -0.4 is 5.73 Å². The average molecular weight is 254 g/mol. The molecule has 18 heavy (non-hydrogen) atoms. The molecule has 0 aliphatic carbocycles. The Bertz CT molecular complexity index is 371. The first kappa shape index (κ1) is 15.1. The van der Waals surface area contributed by atoms with E-state index in [0.29, 0.717) is 18.2 Å². The number of halogens is 1. The molecule has 0 aromatic heterocycles. The summed E-state index contributed by atoms with van der Waals surface area (Å²) in [5, 5.41) is 0. The third kappa shape index (κ3) is 4.05. The molecule has 1 unspecified atom stereocenters. The number of ether oxygens (including phenoxy) is 1. The summed E-state index contributed by atoms with van der Waals surface area (Å²) in [4.78, 5) is 2.29. The highest BCUT2D eigenvalue weighted by Crippen LogP contribution is 2.13. The molecule has 1 rings (SSSR count). The minimum Gasteiger partial charge on any atom is -0.383 e. The molecule has 102 valence electrons. The van der Waals surface area contributed by atoms with Crippen molar-refractivity contribution in [2.24, 2.45) is 5.73 Å². The van der Waals surface area contributed by atoms with E-state index in [4.69, 9.17) is 10.5 Å². The Morgan fingerprint density at radius 2 is 2.17 bits per heavy atom. The number of hydrogen-bond acceptors (Lipinski definition) is 3. The molecule has 1 aromatic rings.